The molecule has 0 bridgehead atoms. The fraction of sp³-hybridized carbons (Fsp3) is 0.818. The van der Waals surface area contributed by atoms with Crippen molar-refractivity contribution in [2.45, 2.75) is 51.6 Å². The van der Waals surface area contributed by atoms with Crippen LogP contribution < -0.4 is 4.72 Å². The van der Waals surface area contributed by atoms with Crippen LogP contribution in [0.15, 0.2) is 4.52 Å². The molecule has 1 fully saturated rings. The lowest BCUT2D eigenvalue weighted by molar-refractivity contribution is 0.342. The first-order valence-electron chi connectivity index (χ1n) is 6.40. The third kappa shape index (κ3) is 3.31. The Morgan fingerprint density at radius 2 is 2.00 bits per heavy atom. The molecule has 1 aliphatic rings. The molecule has 19 heavy (non-hydrogen) atoms. The van der Waals surface area contributed by atoms with E-state index in [0.717, 1.165) is 12.8 Å². The average molecular weight is 288 g/mol. The molecule has 108 valence electrons. The normalized spacial score (nSPS) is 18.2. The molecule has 0 aliphatic heterocycles. The van der Waals surface area contributed by atoms with Crippen molar-refractivity contribution in [2.24, 2.45) is 0 Å². The third-order valence-corrected chi connectivity index (χ3v) is 5.03. The van der Waals surface area contributed by atoms with Gasteiger partial charge in [-0.3, -0.25) is 0 Å². The molecule has 0 spiro atoms. The van der Waals surface area contributed by atoms with E-state index in [2.05, 4.69) is 14.9 Å². The molecule has 8 heteroatoms. The number of nitrogens with zero attached hydrogens (tertiary/aromatic N) is 3. The van der Waals surface area contributed by atoms with Gasteiger partial charge in [0.2, 0.25) is 5.89 Å². The second-order valence-corrected chi connectivity index (χ2v) is 6.98. The summed E-state index contributed by atoms with van der Waals surface area (Å²) >= 11 is 0. The Morgan fingerprint density at radius 1 is 1.37 bits per heavy atom. The minimum absolute atomic E-state index is 0.116. The Bertz CT molecular complexity index is 536. The van der Waals surface area contributed by atoms with Crippen LogP contribution in [0.4, 0.5) is 0 Å². The van der Waals surface area contributed by atoms with E-state index in [9.17, 15) is 8.42 Å². The van der Waals surface area contributed by atoms with E-state index in [0.29, 0.717) is 17.6 Å². The summed E-state index contributed by atoms with van der Waals surface area (Å²) in [6.07, 6.45) is 2.16. The summed E-state index contributed by atoms with van der Waals surface area (Å²) in [7, 11) is -2.02. The molecule has 1 aliphatic carbocycles. The van der Waals surface area contributed by atoms with Gasteiger partial charge in [-0.1, -0.05) is 5.16 Å². The fourth-order valence-corrected chi connectivity index (χ4v) is 2.83. The Hall–Kier alpha value is -0.990. The van der Waals surface area contributed by atoms with Crippen molar-refractivity contribution in [3.8, 4) is 0 Å². The van der Waals surface area contributed by atoms with Gasteiger partial charge in [0.1, 0.15) is 0 Å². The van der Waals surface area contributed by atoms with Crippen molar-refractivity contribution >= 4 is 10.2 Å². The van der Waals surface area contributed by atoms with E-state index >= 15 is 0 Å². The van der Waals surface area contributed by atoms with Crippen LogP contribution in [-0.4, -0.2) is 36.0 Å². The summed E-state index contributed by atoms with van der Waals surface area (Å²) in [5, 5.41) is 3.87. The Kier molecular flexibility index (Phi) is 3.93. The minimum Gasteiger partial charge on any atom is -0.338 e. The second kappa shape index (κ2) is 5.18. The summed E-state index contributed by atoms with van der Waals surface area (Å²) in [4.78, 5) is 4.24. The molecule has 1 N–H and O–H groups in total. The molecule has 0 amide bonds. The van der Waals surface area contributed by atoms with Crippen molar-refractivity contribution in [3.63, 3.8) is 0 Å². The molecule has 0 saturated heterocycles. The van der Waals surface area contributed by atoms with Gasteiger partial charge in [-0.25, -0.2) is 0 Å². The molecule has 0 radical (unpaired) electrons. The molecule has 1 heterocycles. The quantitative estimate of drug-likeness (QED) is 0.849. The molecule has 1 unspecified atom stereocenters. The number of rotatable bonds is 6. The Morgan fingerprint density at radius 3 is 2.53 bits per heavy atom. The van der Waals surface area contributed by atoms with Gasteiger partial charge in [0.15, 0.2) is 5.82 Å². The van der Waals surface area contributed by atoms with Gasteiger partial charge in [0, 0.05) is 19.0 Å². The molecule has 2 rings (SSSR count). The van der Waals surface area contributed by atoms with Gasteiger partial charge in [-0.2, -0.15) is 22.4 Å². The SMILES string of the molecule is CC(NS(=O)(=O)N(C)C(C)C)c1nc(C2CC2)no1. The molecule has 0 aromatic carbocycles. The van der Waals surface area contributed by atoms with E-state index < -0.39 is 16.3 Å². The van der Waals surface area contributed by atoms with Crippen LogP contribution in [0, 0.1) is 0 Å². The zero-order chi connectivity index (χ0) is 14.2. The predicted octanol–water partition coefficient (Wildman–Crippen LogP) is 1.18. The highest BCUT2D eigenvalue weighted by Gasteiger charge is 2.31. The third-order valence-electron chi connectivity index (χ3n) is 3.20. The van der Waals surface area contributed by atoms with Crippen molar-refractivity contribution in [2.75, 3.05) is 7.05 Å². The zero-order valence-electron chi connectivity index (χ0n) is 11.6. The molecule has 1 aromatic heterocycles. The molecule has 7 nitrogen and oxygen atoms in total. The van der Waals surface area contributed by atoms with Gasteiger partial charge >= 0.3 is 0 Å². The first-order chi connectivity index (χ1) is 8.81. The van der Waals surface area contributed by atoms with E-state index in [1.54, 1.807) is 6.92 Å². The first-order valence-corrected chi connectivity index (χ1v) is 7.84. The van der Waals surface area contributed by atoms with Gasteiger partial charge in [-0.05, 0) is 33.6 Å². The summed E-state index contributed by atoms with van der Waals surface area (Å²) < 4.78 is 33.0. The van der Waals surface area contributed by atoms with Crippen molar-refractivity contribution in [3.05, 3.63) is 11.7 Å². The lowest BCUT2D eigenvalue weighted by atomic mass is 10.3. The van der Waals surface area contributed by atoms with Gasteiger partial charge in [0.05, 0.1) is 6.04 Å². The van der Waals surface area contributed by atoms with E-state index in [4.69, 9.17) is 4.52 Å². The van der Waals surface area contributed by atoms with Gasteiger partial charge in [-0.15, -0.1) is 0 Å². The zero-order valence-corrected chi connectivity index (χ0v) is 12.4. The van der Waals surface area contributed by atoms with Crippen LogP contribution in [-0.2, 0) is 10.2 Å². The maximum Gasteiger partial charge on any atom is 0.280 e. The van der Waals surface area contributed by atoms with Crippen LogP contribution >= 0.6 is 0 Å². The Labute approximate surface area is 113 Å². The van der Waals surface area contributed by atoms with Crippen LogP contribution in [0.5, 0.6) is 0 Å². The van der Waals surface area contributed by atoms with Crippen molar-refractivity contribution in [1.29, 1.82) is 0 Å². The molecule has 1 aromatic rings. The monoisotopic (exact) mass is 288 g/mol. The van der Waals surface area contributed by atoms with Crippen LogP contribution in [0.3, 0.4) is 0 Å². The van der Waals surface area contributed by atoms with Crippen LogP contribution in [0.25, 0.3) is 0 Å². The molecule has 1 atom stereocenters. The molecular weight excluding hydrogens is 268 g/mol. The number of hydrogen-bond acceptors (Lipinski definition) is 5. The summed E-state index contributed by atoms with van der Waals surface area (Å²) in [6.45, 7) is 5.31. The smallest absolute Gasteiger partial charge is 0.280 e. The van der Waals surface area contributed by atoms with Crippen molar-refractivity contribution < 1.29 is 12.9 Å². The molecule has 1 saturated carbocycles. The largest absolute Gasteiger partial charge is 0.338 e. The lowest BCUT2D eigenvalue weighted by Crippen LogP contribution is -2.42. The highest BCUT2D eigenvalue weighted by Crippen LogP contribution is 2.38. The fourth-order valence-electron chi connectivity index (χ4n) is 1.56. The van der Waals surface area contributed by atoms with E-state index in [-0.39, 0.29) is 6.04 Å². The number of hydrogen-bond donors (Lipinski definition) is 1. The van der Waals surface area contributed by atoms with Gasteiger partial charge < -0.3 is 4.52 Å². The second-order valence-electron chi connectivity index (χ2n) is 5.22. The highest BCUT2D eigenvalue weighted by atomic mass is 32.2. The van der Waals surface area contributed by atoms with Crippen LogP contribution in [0.2, 0.25) is 0 Å². The maximum atomic E-state index is 12.0. The maximum absolute atomic E-state index is 12.0. The standard InChI is InChI=1S/C11H20N4O3S/c1-7(2)15(4)19(16,17)14-8(3)11-12-10(13-18-11)9-5-6-9/h7-9,14H,5-6H2,1-4H3. The Balaban J connectivity index is 2.05. The van der Waals surface area contributed by atoms with Crippen molar-refractivity contribution in [1.82, 2.24) is 19.2 Å². The lowest BCUT2D eigenvalue weighted by Gasteiger charge is -2.22. The topological polar surface area (TPSA) is 88.3 Å². The highest BCUT2D eigenvalue weighted by molar-refractivity contribution is 7.87. The average Bonchev–Trinajstić information content (AvgIpc) is 3.05. The molecular formula is C11H20N4O3S. The summed E-state index contributed by atoms with van der Waals surface area (Å²) in [5.74, 6) is 1.38. The van der Waals surface area contributed by atoms with Gasteiger partial charge in [0.25, 0.3) is 10.2 Å². The van der Waals surface area contributed by atoms with E-state index in [1.807, 2.05) is 13.8 Å². The predicted molar refractivity (Wildman–Crippen MR) is 69.6 cm³/mol. The number of aromatic nitrogens is 2. The number of nitrogens with one attached hydrogen (secondary N) is 1. The summed E-state index contributed by atoms with van der Waals surface area (Å²) in [5.41, 5.74) is 0. The van der Waals surface area contributed by atoms with Crippen LogP contribution in [0.1, 0.15) is 57.3 Å². The first kappa shape index (κ1) is 14.4. The summed E-state index contributed by atoms with van der Waals surface area (Å²) in [6, 6.07) is -0.652. The minimum atomic E-state index is -3.55. The van der Waals surface area contributed by atoms with E-state index in [1.165, 1.54) is 11.4 Å².